The number of rotatable bonds is 7. The average molecular weight is 212 g/mol. The van der Waals surface area contributed by atoms with E-state index in [4.69, 9.17) is 5.11 Å². The summed E-state index contributed by atoms with van der Waals surface area (Å²) in [4.78, 5) is 0. The molecule has 1 rings (SSSR count). The summed E-state index contributed by atoms with van der Waals surface area (Å²) in [6.07, 6.45) is 0. The third kappa shape index (κ3) is 5.47. The summed E-state index contributed by atoms with van der Waals surface area (Å²) in [5, 5.41) is 14.8. The van der Waals surface area contributed by atoms with E-state index in [-0.39, 0.29) is 12.4 Å². The first-order chi connectivity index (χ1) is 7.33. The Morgan fingerprint density at radius 3 is 2.33 bits per heavy atom. The molecule has 0 radical (unpaired) electrons. The van der Waals surface area contributed by atoms with Gasteiger partial charge in [0.05, 0.1) is 6.61 Å². The molecular weight excluding hydrogens is 195 g/mol. The molecule has 0 saturated carbocycles. The molecule has 0 spiro atoms. The maximum absolute atomic E-state index is 12.6. The van der Waals surface area contributed by atoms with Gasteiger partial charge in [-0.05, 0) is 17.7 Å². The minimum absolute atomic E-state index is 0.165. The van der Waals surface area contributed by atoms with Crippen molar-refractivity contribution in [3.8, 4) is 0 Å². The second kappa shape index (κ2) is 7.34. The van der Waals surface area contributed by atoms with E-state index in [9.17, 15) is 4.39 Å². The average Bonchev–Trinajstić information content (AvgIpc) is 2.26. The van der Waals surface area contributed by atoms with Gasteiger partial charge < -0.3 is 15.7 Å². The Kier molecular flexibility index (Phi) is 5.92. The molecule has 1 aromatic carbocycles. The lowest BCUT2D eigenvalue weighted by atomic mass is 10.2. The van der Waals surface area contributed by atoms with Crippen molar-refractivity contribution in [1.82, 2.24) is 10.6 Å². The van der Waals surface area contributed by atoms with Gasteiger partial charge >= 0.3 is 0 Å². The van der Waals surface area contributed by atoms with Gasteiger partial charge in [0, 0.05) is 26.2 Å². The zero-order valence-electron chi connectivity index (χ0n) is 8.67. The van der Waals surface area contributed by atoms with Gasteiger partial charge in [0.25, 0.3) is 0 Å². The fourth-order valence-electron chi connectivity index (χ4n) is 1.22. The predicted octanol–water partition coefficient (Wildman–Crippen LogP) is 0.497. The molecule has 0 bridgehead atoms. The van der Waals surface area contributed by atoms with Crippen LogP contribution in [0, 0.1) is 5.82 Å². The van der Waals surface area contributed by atoms with Crippen molar-refractivity contribution in [3.63, 3.8) is 0 Å². The highest BCUT2D eigenvalue weighted by Crippen LogP contribution is 2.01. The van der Waals surface area contributed by atoms with Crippen molar-refractivity contribution in [1.29, 1.82) is 0 Å². The molecule has 0 aromatic heterocycles. The van der Waals surface area contributed by atoms with Gasteiger partial charge in [-0.1, -0.05) is 12.1 Å². The number of halogens is 1. The lowest BCUT2D eigenvalue weighted by Gasteiger charge is -2.05. The minimum atomic E-state index is -0.205. The molecule has 0 atom stereocenters. The van der Waals surface area contributed by atoms with Crippen LogP contribution >= 0.6 is 0 Å². The molecule has 3 nitrogen and oxygen atoms in total. The van der Waals surface area contributed by atoms with Crippen LogP contribution in [-0.2, 0) is 6.54 Å². The van der Waals surface area contributed by atoms with Crippen LogP contribution < -0.4 is 10.6 Å². The van der Waals surface area contributed by atoms with Gasteiger partial charge in [-0.3, -0.25) is 0 Å². The Hall–Kier alpha value is -0.970. The summed E-state index contributed by atoms with van der Waals surface area (Å²) in [5.41, 5.74) is 1.07. The van der Waals surface area contributed by atoms with E-state index in [2.05, 4.69) is 10.6 Å². The molecule has 0 heterocycles. The molecule has 4 heteroatoms. The minimum Gasteiger partial charge on any atom is -0.395 e. The topological polar surface area (TPSA) is 44.3 Å². The van der Waals surface area contributed by atoms with Gasteiger partial charge in [0.1, 0.15) is 5.82 Å². The molecule has 0 fully saturated rings. The third-order valence-electron chi connectivity index (χ3n) is 2.01. The molecule has 0 saturated heterocycles. The smallest absolute Gasteiger partial charge is 0.123 e. The fraction of sp³-hybridized carbons (Fsp3) is 0.455. The first-order valence-corrected chi connectivity index (χ1v) is 5.09. The molecule has 0 aliphatic rings. The van der Waals surface area contributed by atoms with E-state index in [0.29, 0.717) is 6.54 Å². The second-order valence-electron chi connectivity index (χ2n) is 3.28. The maximum atomic E-state index is 12.6. The highest BCUT2D eigenvalue weighted by atomic mass is 19.1. The molecule has 15 heavy (non-hydrogen) atoms. The van der Waals surface area contributed by atoms with Gasteiger partial charge in [-0.25, -0.2) is 4.39 Å². The van der Waals surface area contributed by atoms with Crippen LogP contribution in [0.15, 0.2) is 24.3 Å². The number of aliphatic hydroxyl groups is 1. The Bertz CT molecular complexity index is 264. The summed E-state index contributed by atoms with van der Waals surface area (Å²) < 4.78 is 12.6. The van der Waals surface area contributed by atoms with Crippen molar-refractivity contribution in [3.05, 3.63) is 35.6 Å². The summed E-state index contributed by atoms with van der Waals surface area (Å²) in [5.74, 6) is -0.205. The van der Waals surface area contributed by atoms with E-state index >= 15 is 0 Å². The Morgan fingerprint density at radius 2 is 1.67 bits per heavy atom. The first kappa shape index (κ1) is 12.1. The number of nitrogens with one attached hydrogen (secondary N) is 2. The monoisotopic (exact) mass is 212 g/mol. The summed E-state index contributed by atoms with van der Waals surface area (Å²) in [6.45, 7) is 3.18. The van der Waals surface area contributed by atoms with Crippen LogP contribution in [0.2, 0.25) is 0 Å². The standard InChI is InChI=1S/C11H17FN2O/c12-11-3-1-10(2-4-11)9-14-6-5-13-7-8-15/h1-4,13-15H,5-9H2. The van der Waals surface area contributed by atoms with Crippen LogP contribution in [0.3, 0.4) is 0 Å². The number of benzene rings is 1. The van der Waals surface area contributed by atoms with Crippen LogP contribution in [-0.4, -0.2) is 31.3 Å². The van der Waals surface area contributed by atoms with E-state index in [1.165, 1.54) is 12.1 Å². The van der Waals surface area contributed by atoms with Crippen molar-refractivity contribution in [2.75, 3.05) is 26.2 Å². The van der Waals surface area contributed by atoms with E-state index in [1.807, 2.05) is 0 Å². The highest BCUT2D eigenvalue weighted by molar-refractivity contribution is 5.15. The Morgan fingerprint density at radius 1 is 1.00 bits per heavy atom. The Balaban J connectivity index is 2.07. The number of hydrogen-bond acceptors (Lipinski definition) is 3. The lowest BCUT2D eigenvalue weighted by molar-refractivity contribution is 0.292. The first-order valence-electron chi connectivity index (χ1n) is 5.09. The van der Waals surface area contributed by atoms with Crippen molar-refractivity contribution in [2.45, 2.75) is 6.54 Å². The molecule has 1 aromatic rings. The molecule has 0 unspecified atom stereocenters. The van der Waals surface area contributed by atoms with Crippen molar-refractivity contribution in [2.24, 2.45) is 0 Å². The van der Waals surface area contributed by atoms with E-state index < -0.39 is 0 Å². The van der Waals surface area contributed by atoms with Crippen molar-refractivity contribution >= 4 is 0 Å². The Labute approximate surface area is 89.3 Å². The molecule has 0 aliphatic heterocycles. The zero-order valence-corrected chi connectivity index (χ0v) is 8.67. The van der Waals surface area contributed by atoms with Gasteiger partial charge in [-0.15, -0.1) is 0 Å². The highest BCUT2D eigenvalue weighted by Gasteiger charge is 1.93. The molecule has 84 valence electrons. The number of hydrogen-bond donors (Lipinski definition) is 3. The van der Waals surface area contributed by atoms with Crippen LogP contribution in [0.25, 0.3) is 0 Å². The predicted molar refractivity (Wildman–Crippen MR) is 58.1 cm³/mol. The third-order valence-corrected chi connectivity index (χ3v) is 2.01. The molecule has 0 aliphatic carbocycles. The maximum Gasteiger partial charge on any atom is 0.123 e. The molecule has 3 N–H and O–H groups in total. The van der Waals surface area contributed by atoms with Crippen LogP contribution in [0.4, 0.5) is 4.39 Å². The summed E-state index contributed by atoms with van der Waals surface area (Å²) in [7, 11) is 0. The molecular formula is C11H17FN2O. The fourth-order valence-corrected chi connectivity index (χ4v) is 1.22. The number of aliphatic hydroxyl groups excluding tert-OH is 1. The van der Waals surface area contributed by atoms with E-state index in [0.717, 1.165) is 25.2 Å². The summed E-state index contributed by atoms with van der Waals surface area (Å²) >= 11 is 0. The SMILES string of the molecule is OCCNCCNCc1ccc(F)cc1. The van der Waals surface area contributed by atoms with Crippen LogP contribution in [0.5, 0.6) is 0 Å². The largest absolute Gasteiger partial charge is 0.395 e. The van der Waals surface area contributed by atoms with Crippen molar-refractivity contribution < 1.29 is 9.50 Å². The van der Waals surface area contributed by atoms with Gasteiger partial charge in [0.15, 0.2) is 0 Å². The quantitative estimate of drug-likeness (QED) is 0.577. The lowest BCUT2D eigenvalue weighted by Crippen LogP contribution is -2.28. The molecule has 0 amide bonds. The zero-order chi connectivity index (χ0) is 10.9. The van der Waals surface area contributed by atoms with Gasteiger partial charge in [-0.2, -0.15) is 0 Å². The van der Waals surface area contributed by atoms with Crippen LogP contribution in [0.1, 0.15) is 5.56 Å². The summed E-state index contributed by atoms with van der Waals surface area (Å²) in [6, 6.07) is 6.45. The van der Waals surface area contributed by atoms with Gasteiger partial charge in [0.2, 0.25) is 0 Å². The normalized spacial score (nSPS) is 10.5. The van der Waals surface area contributed by atoms with E-state index in [1.54, 1.807) is 12.1 Å². The second-order valence-corrected chi connectivity index (χ2v) is 3.28.